The fraction of sp³-hybridized carbons (Fsp3) is 0.909. The predicted octanol–water partition coefficient (Wildman–Crippen LogP) is 0.931. The monoisotopic (exact) mass is 252 g/mol. The van der Waals surface area contributed by atoms with Gasteiger partial charge in [0.2, 0.25) is 5.91 Å². The zero-order valence-corrected chi connectivity index (χ0v) is 11.3. The van der Waals surface area contributed by atoms with Crippen molar-refractivity contribution in [2.24, 2.45) is 5.92 Å². The first kappa shape index (κ1) is 18.1. The Hall–Kier alpha value is -0.320. The number of amides is 1. The lowest BCUT2D eigenvalue weighted by Gasteiger charge is -2.14. The lowest BCUT2D eigenvalue weighted by molar-refractivity contribution is -0.121. The van der Waals surface area contributed by atoms with Crippen LogP contribution in [0.25, 0.3) is 0 Å². The Kier molecular flexibility index (Phi) is 12.6. The minimum Gasteiger partial charge on any atom is -0.393 e. The van der Waals surface area contributed by atoms with Crippen LogP contribution in [0, 0.1) is 5.92 Å². The van der Waals surface area contributed by atoms with Crippen LogP contribution in [0.15, 0.2) is 0 Å². The molecule has 3 N–H and O–H groups in total. The van der Waals surface area contributed by atoms with E-state index in [4.69, 9.17) is 0 Å². The minimum absolute atomic E-state index is 0. The van der Waals surface area contributed by atoms with Gasteiger partial charge in [-0.1, -0.05) is 13.8 Å². The first-order valence-electron chi connectivity index (χ1n) is 5.67. The smallest absolute Gasteiger partial charge is 0.220 e. The van der Waals surface area contributed by atoms with Gasteiger partial charge in [-0.05, 0) is 32.4 Å². The molecule has 4 nitrogen and oxygen atoms in total. The van der Waals surface area contributed by atoms with E-state index in [1.54, 1.807) is 0 Å². The highest BCUT2D eigenvalue weighted by molar-refractivity contribution is 5.85. The highest BCUT2D eigenvalue weighted by Crippen LogP contribution is 2.03. The Morgan fingerprint density at radius 3 is 2.44 bits per heavy atom. The summed E-state index contributed by atoms with van der Waals surface area (Å²) in [6.45, 7) is 5.37. The fourth-order valence-electron chi connectivity index (χ4n) is 1.21. The number of hydrogen-bond donors (Lipinski definition) is 3. The Bertz CT molecular complexity index is 177. The molecule has 98 valence electrons. The molecule has 16 heavy (non-hydrogen) atoms. The Labute approximate surface area is 105 Å². The van der Waals surface area contributed by atoms with Crippen LogP contribution in [0.4, 0.5) is 0 Å². The maximum Gasteiger partial charge on any atom is 0.220 e. The summed E-state index contributed by atoms with van der Waals surface area (Å²) in [6, 6.07) is 0. The average molecular weight is 253 g/mol. The van der Waals surface area contributed by atoms with Gasteiger partial charge in [-0.15, -0.1) is 12.4 Å². The van der Waals surface area contributed by atoms with Crippen LogP contribution in [0.5, 0.6) is 0 Å². The third kappa shape index (κ3) is 10.2. The number of halogens is 1. The molecule has 0 bridgehead atoms. The summed E-state index contributed by atoms with van der Waals surface area (Å²) in [5.74, 6) is 0.326. The molecule has 0 aromatic carbocycles. The van der Waals surface area contributed by atoms with Gasteiger partial charge in [0.1, 0.15) is 0 Å². The maximum absolute atomic E-state index is 11.2. The summed E-state index contributed by atoms with van der Waals surface area (Å²) in [5.41, 5.74) is 0. The molecule has 0 aliphatic rings. The third-order valence-electron chi connectivity index (χ3n) is 2.36. The molecule has 0 saturated carbocycles. The van der Waals surface area contributed by atoms with E-state index < -0.39 is 0 Å². The van der Waals surface area contributed by atoms with Gasteiger partial charge in [0, 0.05) is 13.0 Å². The molecule has 0 aromatic heterocycles. The van der Waals surface area contributed by atoms with E-state index in [1.807, 2.05) is 20.9 Å². The van der Waals surface area contributed by atoms with Crippen molar-refractivity contribution in [3.05, 3.63) is 0 Å². The van der Waals surface area contributed by atoms with Crippen LogP contribution in [-0.2, 0) is 4.79 Å². The molecule has 0 aromatic rings. The topological polar surface area (TPSA) is 61.4 Å². The van der Waals surface area contributed by atoms with Crippen LogP contribution in [0.3, 0.4) is 0 Å². The minimum atomic E-state index is -0.317. The van der Waals surface area contributed by atoms with Gasteiger partial charge in [0.15, 0.2) is 0 Å². The van der Waals surface area contributed by atoms with Crippen LogP contribution >= 0.6 is 12.4 Å². The van der Waals surface area contributed by atoms with Crippen LogP contribution in [0.2, 0.25) is 0 Å². The lowest BCUT2D eigenvalue weighted by Crippen LogP contribution is -2.29. The first-order chi connectivity index (χ1) is 7.07. The summed E-state index contributed by atoms with van der Waals surface area (Å²) in [5, 5.41) is 15.3. The van der Waals surface area contributed by atoms with E-state index in [0.29, 0.717) is 19.4 Å². The van der Waals surface area contributed by atoms with E-state index in [1.165, 1.54) is 0 Å². The molecule has 1 unspecified atom stereocenters. The van der Waals surface area contributed by atoms with Gasteiger partial charge in [0.05, 0.1) is 6.10 Å². The summed E-state index contributed by atoms with van der Waals surface area (Å²) < 4.78 is 0. The number of carbonyl (C=O) groups is 1. The largest absolute Gasteiger partial charge is 0.393 e. The van der Waals surface area contributed by atoms with E-state index >= 15 is 0 Å². The van der Waals surface area contributed by atoms with E-state index in [9.17, 15) is 9.90 Å². The number of hydrogen-bond acceptors (Lipinski definition) is 3. The second-order valence-corrected chi connectivity index (χ2v) is 4.16. The van der Waals surface area contributed by atoms with Crippen LogP contribution in [-0.4, -0.2) is 37.3 Å². The number of rotatable bonds is 8. The number of nitrogens with one attached hydrogen (secondary N) is 2. The molecule has 1 atom stereocenters. The van der Waals surface area contributed by atoms with E-state index in [-0.39, 0.29) is 30.3 Å². The fourth-order valence-corrected chi connectivity index (χ4v) is 1.21. The van der Waals surface area contributed by atoms with E-state index in [2.05, 4.69) is 10.6 Å². The van der Waals surface area contributed by atoms with Crippen molar-refractivity contribution >= 4 is 18.3 Å². The summed E-state index contributed by atoms with van der Waals surface area (Å²) in [7, 11) is 1.87. The average Bonchev–Trinajstić information content (AvgIpc) is 2.18. The molecular weight excluding hydrogens is 228 g/mol. The first-order valence-corrected chi connectivity index (χ1v) is 5.67. The zero-order valence-electron chi connectivity index (χ0n) is 10.5. The Balaban J connectivity index is 0. The second-order valence-electron chi connectivity index (χ2n) is 4.16. The van der Waals surface area contributed by atoms with Crippen LogP contribution in [0.1, 0.15) is 33.1 Å². The molecule has 0 radical (unpaired) electrons. The van der Waals surface area contributed by atoms with Crippen molar-refractivity contribution in [2.45, 2.75) is 39.2 Å². The van der Waals surface area contributed by atoms with Gasteiger partial charge in [-0.25, -0.2) is 0 Å². The van der Waals surface area contributed by atoms with Crippen molar-refractivity contribution in [3.63, 3.8) is 0 Å². The van der Waals surface area contributed by atoms with Gasteiger partial charge in [-0.3, -0.25) is 4.79 Å². The van der Waals surface area contributed by atoms with Gasteiger partial charge in [0.25, 0.3) is 0 Å². The third-order valence-corrected chi connectivity index (χ3v) is 2.36. The van der Waals surface area contributed by atoms with Crippen molar-refractivity contribution in [3.8, 4) is 0 Å². The molecule has 5 heteroatoms. The SMILES string of the molecule is CNCCCC(=O)NCCC(O)C(C)C.Cl. The Morgan fingerprint density at radius 1 is 1.31 bits per heavy atom. The highest BCUT2D eigenvalue weighted by atomic mass is 35.5. The van der Waals surface area contributed by atoms with Gasteiger partial charge < -0.3 is 15.7 Å². The lowest BCUT2D eigenvalue weighted by atomic mass is 10.0. The standard InChI is InChI=1S/C11H24N2O2.ClH/c1-9(2)10(14)6-8-13-11(15)5-4-7-12-3;/h9-10,12,14H,4-8H2,1-3H3,(H,13,15);1H. The molecule has 0 spiro atoms. The molecule has 0 fully saturated rings. The van der Waals surface area contributed by atoms with Crippen molar-refractivity contribution in [1.29, 1.82) is 0 Å². The molecule has 1 amide bonds. The summed E-state index contributed by atoms with van der Waals surface area (Å²) in [4.78, 5) is 11.2. The van der Waals surface area contributed by atoms with Gasteiger partial charge in [-0.2, -0.15) is 0 Å². The maximum atomic E-state index is 11.2. The van der Waals surface area contributed by atoms with Crippen molar-refractivity contribution in [2.75, 3.05) is 20.1 Å². The zero-order chi connectivity index (χ0) is 11.7. The highest BCUT2D eigenvalue weighted by Gasteiger charge is 2.09. The van der Waals surface area contributed by atoms with Crippen molar-refractivity contribution < 1.29 is 9.90 Å². The molecule has 0 aliphatic carbocycles. The number of aliphatic hydroxyl groups is 1. The van der Waals surface area contributed by atoms with E-state index in [0.717, 1.165) is 13.0 Å². The molecule has 0 heterocycles. The normalized spacial score (nSPS) is 12.1. The van der Waals surface area contributed by atoms with Gasteiger partial charge >= 0.3 is 0 Å². The molecular formula is C11H25ClN2O2. The molecule has 0 rings (SSSR count). The second kappa shape index (κ2) is 11.2. The van der Waals surface area contributed by atoms with Crippen molar-refractivity contribution in [1.82, 2.24) is 10.6 Å². The molecule has 0 aliphatic heterocycles. The quantitative estimate of drug-likeness (QED) is 0.564. The Morgan fingerprint density at radius 2 is 1.94 bits per heavy atom. The van der Waals surface area contributed by atoms with Crippen LogP contribution < -0.4 is 10.6 Å². The summed E-state index contributed by atoms with van der Waals surface area (Å²) in [6.07, 6.45) is 1.73. The molecule has 0 saturated heterocycles. The number of carbonyl (C=O) groups excluding carboxylic acids is 1. The summed E-state index contributed by atoms with van der Waals surface area (Å²) >= 11 is 0. The number of aliphatic hydroxyl groups excluding tert-OH is 1. The predicted molar refractivity (Wildman–Crippen MR) is 68.9 cm³/mol.